The van der Waals surface area contributed by atoms with Crippen LogP contribution in [0.3, 0.4) is 0 Å². The molecule has 0 fully saturated rings. The number of benzene rings is 1. The minimum absolute atomic E-state index is 0.188. The summed E-state index contributed by atoms with van der Waals surface area (Å²) in [6.07, 6.45) is 1.75. The molecule has 0 saturated heterocycles. The zero-order chi connectivity index (χ0) is 15.9. The summed E-state index contributed by atoms with van der Waals surface area (Å²) in [6.45, 7) is 16.8. The fourth-order valence-corrected chi connectivity index (χ4v) is 1.86. The molecule has 116 valence electrons. The molecule has 1 aromatic rings. The van der Waals surface area contributed by atoms with Gasteiger partial charge in [0.2, 0.25) is 0 Å². The first kappa shape index (κ1) is 17.4. The van der Waals surface area contributed by atoms with Crippen LogP contribution in [0.15, 0.2) is 55.0 Å². The Morgan fingerprint density at radius 2 is 1.76 bits per heavy atom. The molecule has 0 N–H and O–H groups in total. The van der Waals surface area contributed by atoms with Crippen LogP contribution in [0.1, 0.15) is 46.1 Å². The summed E-state index contributed by atoms with van der Waals surface area (Å²) in [5.74, 6) is 1.94. The van der Waals surface area contributed by atoms with Gasteiger partial charge in [0.25, 0.3) is 0 Å². The highest BCUT2D eigenvalue weighted by atomic mass is 16.5. The van der Waals surface area contributed by atoms with Gasteiger partial charge in [-0.2, -0.15) is 0 Å². The van der Waals surface area contributed by atoms with Crippen LogP contribution in [-0.4, -0.2) is 5.60 Å². The molecule has 0 amide bonds. The Kier molecular flexibility index (Phi) is 6.54. The summed E-state index contributed by atoms with van der Waals surface area (Å²) in [7, 11) is 0. The predicted octanol–water partition coefficient (Wildman–Crippen LogP) is 5.46. The van der Waals surface area contributed by atoms with Crippen molar-refractivity contribution in [1.82, 2.24) is 0 Å². The van der Waals surface area contributed by atoms with Crippen molar-refractivity contribution >= 4 is 0 Å². The molecule has 0 aliphatic rings. The minimum Gasteiger partial charge on any atom is -0.494 e. The molecule has 1 rings (SSSR count). The fraction of sp³-hybridized carbons (Fsp3) is 0.474. The topological polar surface area (TPSA) is 18.5 Å². The maximum atomic E-state index is 5.80. The molecule has 2 nitrogen and oxygen atoms in total. The predicted molar refractivity (Wildman–Crippen MR) is 88.7 cm³/mol. The molecule has 0 heterocycles. The largest absolute Gasteiger partial charge is 0.494 e. The van der Waals surface area contributed by atoms with Crippen molar-refractivity contribution < 1.29 is 9.47 Å². The lowest BCUT2D eigenvalue weighted by Crippen LogP contribution is -2.20. The molecule has 0 saturated carbocycles. The van der Waals surface area contributed by atoms with Crippen LogP contribution in [0, 0.1) is 5.92 Å². The molecule has 0 radical (unpaired) electrons. The van der Waals surface area contributed by atoms with Gasteiger partial charge in [-0.15, -0.1) is 0 Å². The molecule has 1 aromatic carbocycles. The molecule has 21 heavy (non-hydrogen) atoms. The van der Waals surface area contributed by atoms with Crippen molar-refractivity contribution in [2.75, 3.05) is 0 Å². The van der Waals surface area contributed by atoms with Crippen LogP contribution in [0.4, 0.5) is 0 Å². The van der Waals surface area contributed by atoms with E-state index < -0.39 is 0 Å². The smallest absolute Gasteiger partial charge is 0.113 e. The number of hydrogen-bond donors (Lipinski definition) is 0. The Morgan fingerprint density at radius 3 is 2.33 bits per heavy atom. The number of ether oxygens (including phenoxy) is 2. The first-order chi connectivity index (χ1) is 9.78. The third kappa shape index (κ3) is 7.60. The van der Waals surface area contributed by atoms with Gasteiger partial charge in [-0.25, -0.2) is 0 Å². The van der Waals surface area contributed by atoms with Crippen molar-refractivity contribution in [1.29, 1.82) is 0 Å². The Hall–Kier alpha value is -1.70. The Balaban J connectivity index is 2.28. The summed E-state index contributed by atoms with van der Waals surface area (Å²) in [5.41, 5.74) is 0.971. The standard InChI is InChI=1S/C19H28O2/c1-15(17(3)21-19(4,5)6)12-13-16(2)20-14-18-10-8-7-9-11-18/h7-11,15H,2-3,12-14H2,1,4-6H3. The van der Waals surface area contributed by atoms with Crippen LogP contribution in [-0.2, 0) is 16.1 Å². The van der Waals surface area contributed by atoms with Gasteiger partial charge in [-0.3, -0.25) is 0 Å². The first-order valence-corrected chi connectivity index (χ1v) is 7.50. The van der Waals surface area contributed by atoms with E-state index in [1.807, 2.05) is 39.0 Å². The highest BCUT2D eigenvalue weighted by Gasteiger charge is 2.16. The van der Waals surface area contributed by atoms with Gasteiger partial charge < -0.3 is 9.47 Å². The van der Waals surface area contributed by atoms with Crippen molar-refractivity contribution in [3.8, 4) is 0 Å². The van der Waals surface area contributed by atoms with Crippen LogP contribution >= 0.6 is 0 Å². The van der Waals surface area contributed by atoms with Gasteiger partial charge in [0.15, 0.2) is 0 Å². The molecular formula is C19H28O2. The molecular weight excluding hydrogens is 260 g/mol. The van der Waals surface area contributed by atoms with E-state index in [-0.39, 0.29) is 5.60 Å². The van der Waals surface area contributed by atoms with Gasteiger partial charge in [-0.05, 0) is 32.8 Å². The second kappa shape index (κ2) is 7.92. The summed E-state index contributed by atoms with van der Waals surface area (Å²) in [4.78, 5) is 0. The van der Waals surface area contributed by atoms with Gasteiger partial charge in [0.05, 0.1) is 11.5 Å². The van der Waals surface area contributed by atoms with Crippen LogP contribution in [0.2, 0.25) is 0 Å². The van der Waals surface area contributed by atoms with E-state index in [2.05, 4.69) is 32.2 Å². The summed E-state index contributed by atoms with van der Waals surface area (Å²) in [6, 6.07) is 10.1. The third-order valence-corrected chi connectivity index (χ3v) is 3.13. The maximum absolute atomic E-state index is 5.80. The number of rotatable bonds is 8. The molecule has 0 aromatic heterocycles. The minimum atomic E-state index is -0.188. The highest BCUT2D eigenvalue weighted by Crippen LogP contribution is 2.23. The van der Waals surface area contributed by atoms with Gasteiger partial charge in [-0.1, -0.05) is 50.4 Å². The summed E-state index contributed by atoms with van der Waals surface area (Å²) < 4.78 is 11.5. The highest BCUT2D eigenvalue weighted by molar-refractivity contribution is 5.13. The summed E-state index contributed by atoms with van der Waals surface area (Å²) in [5, 5.41) is 0. The third-order valence-electron chi connectivity index (χ3n) is 3.13. The van der Waals surface area contributed by atoms with E-state index in [1.54, 1.807) is 0 Å². The SMILES string of the molecule is C=C(CCC(C)C(=C)OC(C)(C)C)OCc1ccccc1. The van der Waals surface area contributed by atoms with E-state index in [0.29, 0.717) is 12.5 Å². The zero-order valence-electron chi connectivity index (χ0n) is 13.8. The normalized spacial score (nSPS) is 12.6. The van der Waals surface area contributed by atoms with Crippen molar-refractivity contribution in [2.24, 2.45) is 5.92 Å². The lowest BCUT2D eigenvalue weighted by molar-refractivity contribution is 0.0353. The average molecular weight is 288 g/mol. The van der Waals surface area contributed by atoms with Crippen LogP contribution < -0.4 is 0 Å². The van der Waals surface area contributed by atoms with E-state index in [0.717, 1.165) is 29.9 Å². The molecule has 0 aliphatic heterocycles. The van der Waals surface area contributed by atoms with Gasteiger partial charge >= 0.3 is 0 Å². The first-order valence-electron chi connectivity index (χ1n) is 7.50. The lowest BCUT2D eigenvalue weighted by atomic mass is 10.0. The van der Waals surface area contributed by atoms with Crippen molar-refractivity contribution in [3.05, 3.63) is 60.6 Å². The quantitative estimate of drug-likeness (QED) is 0.591. The fourth-order valence-electron chi connectivity index (χ4n) is 1.86. The van der Waals surface area contributed by atoms with E-state index in [9.17, 15) is 0 Å². The van der Waals surface area contributed by atoms with E-state index in [1.165, 1.54) is 0 Å². The molecule has 2 heteroatoms. The number of allylic oxidation sites excluding steroid dienone is 2. The number of hydrogen-bond acceptors (Lipinski definition) is 2. The Morgan fingerprint density at radius 1 is 1.14 bits per heavy atom. The van der Waals surface area contributed by atoms with Gasteiger partial charge in [0.1, 0.15) is 12.2 Å². The molecule has 1 atom stereocenters. The van der Waals surface area contributed by atoms with Gasteiger partial charge in [0, 0.05) is 12.3 Å². The van der Waals surface area contributed by atoms with Crippen LogP contribution in [0.25, 0.3) is 0 Å². The average Bonchev–Trinajstić information content (AvgIpc) is 2.41. The van der Waals surface area contributed by atoms with Crippen LogP contribution in [0.5, 0.6) is 0 Å². The Bertz CT molecular complexity index is 454. The second-order valence-corrected chi connectivity index (χ2v) is 6.43. The monoisotopic (exact) mass is 288 g/mol. The molecule has 1 unspecified atom stereocenters. The Labute approximate surface area is 129 Å². The molecule has 0 aliphatic carbocycles. The molecule has 0 bridgehead atoms. The summed E-state index contributed by atoms with van der Waals surface area (Å²) >= 11 is 0. The molecule has 0 spiro atoms. The maximum Gasteiger partial charge on any atom is 0.113 e. The lowest BCUT2D eigenvalue weighted by Gasteiger charge is -2.26. The van der Waals surface area contributed by atoms with Crippen molar-refractivity contribution in [3.63, 3.8) is 0 Å². The zero-order valence-corrected chi connectivity index (χ0v) is 13.8. The second-order valence-electron chi connectivity index (χ2n) is 6.43. The van der Waals surface area contributed by atoms with E-state index in [4.69, 9.17) is 9.47 Å². The van der Waals surface area contributed by atoms with E-state index >= 15 is 0 Å². The van der Waals surface area contributed by atoms with Crippen molar-refractivity contribution in [2.45, 2.75) is 52.7 Å².